The van der Waals surface area contributed by atoms with Gasteiger partial charge in [0.2, 0.25) is 5.71 Å². The van der Waals surface area contributed by atoms with Crippen LogP contribution in [0.2, 0.25) is 0 Å². The summed E-state index contributed by atoms with van der Waals surface area (Å²) < 4.78 is 0.644. The van der Waals surface area contributed by atoms with Crippen molar-refractivity contribution in [2.45, 2.75) is 25.6 Å². The summed E-state index contributed by atoms with van der Waals surface area (Å²) in [6.07, 6.45) is 0. The van der Waals surface area contributed by atoms with Gasteiger partial charge in [0, 0.05) is 6.92 Å². The van der Waals surface area contributed by atoms with Crippen LogP contribution in [0.5, 0.6) is 0 Å². The fraction of sp³-hybridized carbons (Fsp3) is 0.286. The van der Waals surface area contributed by atoms with E-state index in [1.807, 2.05) is 17.5 Å². The molecule has 1 aliphatic heterocycles. The van der Waals surface area contributed by atoms with Crippen LogP contribution in [0.15, 0.2) is 35.0 Å². The molecular formula is C14H14N2O3S2. The third-order valence-corrected chi connectivity index (χ3v) is 5.53. The number of carbonyl (C=O) groups excluding carboxylic acids is 1. The van der Waals surface area contributed by atoms with Gasteiger partial charge in [0.25, 0.3) is 5.78 Å². The second-order valence-corrected chi connectivity index (χ2v) is 6.90. The number of rotatable bonds is 3. The molecule has 0 aromatic carbocycles. The molecule has 0 spiro atoms. The maximum Gasteiger partial charge on any atom is 0.313 e. The summed E-state index contributed by atoms with van der Waals surface area (Å²) in [7, 11) is 0. The summed E-state index contributed by atoms with van der Waals surface area (Å²) in [5, 5.41) is 27.6. The molecule has 0 unspecified atom stereocenters. The zero-order valence-corrected chi connectivity index (χ0v) is 13.1. The van der Waals surface area contributed by atoms with Crippen molar-refractivity contribution in [1.29, 1.82) is 0 Å². The van der Waals surface area contributed by atoms with Gasteiger partial charge in [-0.05, 0) is 29.8 Å². The zero-order valence-electron chi connectivity index (χ0n) is 11.5. The molecule has 1 aliphatic rings. The number of ketones is 1. The topological polar surface area (TPSA) is 66.6 Å². The molecule has 0 bridgehead atoms. The quantitative estimate of drug-likeness (QED) is 0.536. The van der Waals surface area contributed by atoms with E-state index in [-0.39, 0.29) is 0 Å². The van der Waals surface area contributed by atoms with E-state index in [1.54, 1.807) is 24.4 Å². The number of hydroxylamine groups is 3. The third-order valence-electron chi connectivity index (χ3n) is 3.77. The van der Waals surface area contributed by atoms with E-state index in [0.717, 1.165) is 9.94 Å². The van der Waals surface area contributed by atoms with E-state index in [1.165, 1.54) is 29.6 Å². The van der Waals surface area contributed by atoms with E-state index >= 15 is 0 Å². The Kier molecular flexibility index (Phi) is 3.45. The number of carbonyl (C=O) groups is 1. The van der Waals surface area contributed by atoms with Gasteiger partial charge in [-0.15, -0.1) is 27.7 Å². The van der Waals surface area contributed by atoms with Gasteiger partial charge in [0.15, 0.2) is 0 Å². The number of hydrogen-bond acceptors (Lipinski definition) is 6. The molecule has 2 atom stereocenters. The van der Waals surface area contributed by atoms with E-state index in [4.69, 9.17) is 0 Å². The molecule has 7 heteroatoms. The smallest absolute Gasteiger partial charge is 0.313 e. The minimum atomic E-state index is -1.64. The van der Waals surface area contributed by atoms with Crippen molar-refractivity contribution in [3.63, 3.8) is 0 Å². The molecule has 1 N–H and O–H groups in total. The molecule has 0 saturated heterocycles. The predicted octanol–water partition coefficient (Wildman–Crippen LogP) is 2.80. The fourth-order valence-corrected chi connectivity index (χ4v) is 4.15. The molecule has 2 aromatic rings. The predicted molar refractivity (Wildman–Crippen MR) is 82.2 cm³/mol. The van der Waals surface area contributed by atoms with E-state index in [2.05, 4.69) is 0 Å². The first-order valence-corrected chi connectivity index (χ1v) is 8.18. The second kappa shape index (κ2) is 5.03. The summed E-state index contributed by atoms with van der Waals surface area (Å²) in [6, 6.07) is 6.52. The van der Waals surface area contributed by atoms with Crippen molar-refractivity contribution in [3.05, 3.63) is 50.0 Å². The number of thiophene rings is 2. The molecule has 2 aromatic heterocycles. The molecule has 0 saturated carbocycles. The van der Waals surface area contributed by atoms with Gasteiger partial charge in [0.05, 0.1) is 9.75 Å². The SMILES string of the molecule is C[C@H]1C(c2cccs2)=[N+]([O-])[C@](C)(C(=O)c2cccs2)N1O. The van der Waals surface area contributed by atoms with E-state index in [9.17, 15) is 15.2 Å². The maximum absolute atomic E-state index is 12.8. The Labute approximate surface area is 129 Å². The van der Waals surface area contributed by atoms with E-state index in [0.29, 0.717) is 15.3 Å². The van der Waals surface area contributed by atoms with Crippen molar-refractivity contribution in [3.8, 4) is 0 Å². The highest BCUT2D eigenvalue weighted by Gasteiger charge is 2.58. The first kappa shape index (κ1) is 14.4. The molecule has 5 nitrogen and oxygen atoms in total. The molecule has 0 aliphatic carbocycles. The molecule has 3 rings (SSSR count). The van der Waals surface area contributed by atoms with Crippen molar-refractivity contribution in [2.75, 3.05) is 0 Å². The van der Waals surface area contributed by atoms with Gasteiger partial charge in [-0.2, -0.15) is 4.74 Å². The highest BCUT2D eigenvalue weighted by molar-refractivity contribution is 7.12. The number of hydrogen-bond donors (Lipinski definition) is 1. The standard InChI is InChI=1S/C14H14N2O3S2/c1-9-12(10-5-3-7-20-10)16(19)14(2,15(9)18)13(17)11-6-4-8-21-11/h3-9,18H,1-2H3/t9-,14+/m0/s1. The van der Waals surface area contributed by atoms with Crippen LogP contribution < -0.4 is 0 Å². The fourth-order valence-electron chi connectivity index (χ4n) is 2.56. The summed E-state index contributed by atoms with van der Waals surface area (Å²) in [4.78, 5) is 13.9. The number of nitrogens with zero attached hydrogens (tertiary/aromatic N) is 2. The monoisotopic (exact) mass is 322 g/mol. The molecule has 21 heavy (non-hydrogen) atoms. The van der Waals surface area contributed by atoms with Gasteiger partial charge in [-0.3, -0.25) is 4.79 Å². The van der Waals surface area contributed by atoms with Gasteiger partial charge in [-0.1, -0.05) is 12.1 Å². The maximum atomic E-state index is 12.8. The van der Waals surface area contributed by atoms with Gasteiger partial charge >= 0.3 is 5.66 Å². The molecular weight excluding hydrogens is 308 g/mol. The van der Waals surface area contributed by atoms with Crippen LogP contribution in [0.4, 0.5) is 0 Å². The lowest BCUT2D eigenvalue weighted by Gasteiger charge is -2.27. The van der Waals surface area contributed by atoms with Gasteiger partial charge in [-0.25, -0.2) is 0 Å². The Hall–Kier alpha value is -1.54. The van der Waals surface area contributed by atoms with Crippen LogP contribution in [0.1, 0.15) is 28.4 Å². The highest BCUT2D eigenvalue weighted by atomic mass is 32.1. The van der Waals surface area contributed by atoms with Crippen LogP contribution in [0.3, 0.4) is 0 Å². The second-order valence-electron chi connectivity index (χ2n) is 5.00. The Morgan fingerprint density at radius 3 is 2.62 bits per heavy atom. The van der Waals surface area contributed by atoms with Crippen LogP contribution in [-0.2, 0) is 0 Å². The zero-order chi connectivity index (χ0) is 15.2. The first-order chi connectivity index (χ1) is 9.98. The molecule has 0 amide bonds. The molecule has 0 fully saturated rings. The lowest BCUT2D eigenvalue weighted by Crippen LogP contribution is -2.54. The summed E-state index contributed by atoms with van der Waals surface area (Å²) in [5.74, 6) is -0.395. The number of Topliss-reactive ketones (excluding diaryl/α,β-unsaturated/α-hetero) is 1. The summed E-state index contributed by atoms with van der Waals surface area (Å²) in [6.45, 7) is 3.17. The minimum absolute atomic E-state index is 0.395. The van der Waals surface area contributed by atoms with Crippen LogP contribution in [0.25, 0.3) is 0 Å². The molecule has 110 valence electrons. The largest absolute Gasteiger partial charge is 0.622 e. The van der Waals surface area contributed by atoms with Crippen molar-refractivity contribution >= 4 is 34.2 Å². The first-order valence-electron chi connectivity index (χ1n) is 6.42. The average molecular weight is 322 g/mol. The minimum Gasteiger partial charge on any atom is -0.622 e. The Morgan fingerprint density at radius 1 is 1.38 bits per heavy atom. The van der Waals surface area contributed by atoms with Crippen molar-refractivity contribution in [2.24, 2.45) is 0 Å². The van der Waals surface area contributed by atoms with Crippen LogP contribution in [0, 0.1) is 5.21 Å². The van der Waals surface area contributed by atoms with Crippen LogP contribution in [-0.4, -0.2) is 38.2 Å². The highest BCUT2D eigenvalue weighted by Crippen LogP contribution is 2.32. The van der Waals surface area contributed by atoms with E-state index < -0.39 is 17.5 Å². The normalized spacial score (nSPS) is 26.5. The van der Waals surface area contributed by atoms with Crippen LogP contribution >= 0.6 is 22.7 Å². The molecule has 0 radical (unpaired) electrons. The van der Waals surface area contributed by atoms with Crippen molar-refractivity contribution in [1.82, 2.24) is 5.06 Å². The third kappa shape index (κ3) is 1.96. The average Bonchev–Trinajstić information content (AvgIpc) is 3.19. The summed E-state index contributed by atoms with van der Waals surface area (Å²) >= 11 is 2.68. The Morgan fingerprint density at radius 2 is 2.05 bits per heavy atom. The van der Waals surface area contributed by atoms with Gasteiger partial charge in [0.1, 0.15) is 6.04 Å². The lowest BCUT2D eigenvalue weighted by atomic mass is 10.1. The molecule has 3 heterocycles. The van der Waals surface area contributed by atoms with Crippen molar-refractivity contribution < 1.29 is 14.7 Å². The Bertz CT molecular complexity index is 694. The summed E-state index contributed by atoms with van der Waals surface area (Å²) in [5.41, 5.74) is -1.22. The lowest BCUT2D eigenvalue weighted by molar-refractivity contribution is -0.561. The van der Waals surface area contributed by atoms with Gasteiger partial charge < -0.3 is 10.4 Å². The Balaban J connectivity index is 2.12.